The smallest absolute Gasteiger partial charge is 0.0552 e. The van der Waals surface area contributed by atoms with Gasteiger partial charge in [0.2, 0.25) is 0 Å². The normalized spacial score (nSPS) is 12.8. The second kappa shape index (κ2) is 17.0. The number of hydrogen-bond donors (Lipinski definition) is 2. The Morgan fingerprint density at radius 1 is 0.650 bits per heavy atom. The standard InChI is InChI=1S/C18H39NO/c1-2-3-4-5-6-7-8-9-10-11-12-13-14-15-18(20)16-17-19/h18,20H,2-17,19H2,1H3. The van der Waals surface area contributed by atoms with Crippen molar-refractivity contribution in [3.8, 4) is 0 Å². The number of aliphatic hydroxyl groups excluding tert-OH is 1. The van der Waals surface area contributed by atoms with E-state index in [1.807, 2.05) is 0 Å². The summed E-state index contributed by atoms with van der Waals surface area (Å²) in [5, 5.41) is 9.55. The number of rotatable bonds is 16. The van der Waals surface area contributed by atoms with E-state index in [-0.39, 0.29) is 6.10 Å². The molecular weight excluding hydrogens is 246 g/mol. The molecule has 0 radical (unpaired) electrons. The Morgan fingerprint density at radius 3 is 1.45 bits per heavy atom. The molecule has 0 saturated carbocycles. The average molecular weight is 286 g/mol. The molecule has 122 valence electrons. The fourth-order valence-corrected chi connectivity index (χ4v) is 2.73. The molecule has 0 aliphatic heterocycles. The van der Waals surface area contributed by atoms with E-state index in [1.54, 1.807) is 0 Å². The minimum atomic E-state index is -0.160. The van der Waals surface area contributed by atoms with E-state index in [2.05, 4.69) is 6.92 Å². The van der Waals surface area contributed by atoms with Gasteiger partial charge in [-0.15, -0.1) is 0 Å². The van der Waals surface area contributed by atoms with Crippen LogP contribution in [0.15, 0.2) is 0 Å². The molecule has 2 nitrogen and oxygen atoms in total. The third kappa shape index (κ3) is 16.0. The van der Waals surface area contributed by atoms with E-state index < -0.39 is 0 Å². The van der Waals surface area contributed by atoms with Gasteiger partial charge in [0, 0.05) is 0 Å². The van der Waals surface area contributed by atoms with Crippen molar-refractivity contribution in [2.45, 2.75) is 109 Å². The first-order chi connectivity index (χ1) is 9.81. The molecule has 0 aliphatic rings. The lowest BCUT2D eigenvalue weighted by Crippen LogP contribution is -2.12. The van der Waals surface area contributed by atoms with Crippen LogP contribution in [0, 0.1) is 0 Å². The van der Waals surface area contributed by atoms with Gasteiger partial charge in [0.05, 0.1) is 6.10 Å². The van der Waals surface area contributed by atoms with Gasteiger partial charge < -0.3 is 10.8 Å². The maximum atomic E-state index is 9.55. The molecule has 1 atom stereocenters. The molecule has 0 fully saturated rings. The van der Waals surface area contributed by atoms with Crippen LogP contribution >= 0.6 is 0 Å². The Morgan fingerprint density at radius 2 is 1.05 bits per heavy atom. The highest BCUT2D eigenvalue weighted by Gasteiger charge is 2.01. The lowest BCUT2D eigenvalue weighted by atomic mass is 10.0. The summed E-state index contributed by atoms with van der Waals surface area (Å²) < 4.78 is 0. The SMILES string of the molecule is CCCCCCCCCCCCCCCC(O)CCN. The Hall–Kier alpha value is -0.0800. The molecule has 0 aromatic heterocycles. The molecule has 2 heteroatoms. The van der Waals surface area contributed by atoms with Gasteiger partial charge >= 0.3 is 0 Å². The third-order valence-electron chi connectivity index (χ3n) is 4.14. The van der Waals surface area contributed by atoms with Crippen molar-refractivity contribution in [3.05, 3.63) is 0 Å². The molecule has 0 heterocycles. The topological polar surface area (TPSA) is 46.2 Å². The number of nitrogens with two attached hydrogens (primary N) is 1. The van der Waals surface area contributed by atoms with E-state index >= 15 is 0 Å². The van der Waals surface area contributed by atoms with Gasteiger partial charge in [-0.3, -0.25) is 0 Å². The van der Waals surface area contributed by atoms with Gasteiger partial charge in [0.25, 0.3) is 0 Å². The molecule has 0 spiro atoms. The van der Waals surface area contributed by atoms with E-state index in [9.17, 15) is 5.11 Å². The highest BCUT2D eigenvalue weighted by Crippen LogP contribution is 2.13. The number of aliphatic hydroxyl groups is 1. The van der Waals surface area contributed by atoms with Gasteiger partial charge in [-0.1, -0.05) is 90.4 Å². The van der Waals surface area contributed by atoms with Gasteiger partial charge in [-0.25, -0.2) is 0 Å². The summed E-state index contributed by atoms with van der Waals surface area (Å²) in [6.07, 6.45) is 19.5. The summed E-state index contributed by atoms with van der Waals surface area (Å²) in [6.45, 7) is 2.89. The maximum absolute atomic E-state index is 9.55. The average Bonchev–Trinajstić information content (AvgIpc) is 2.44. The molecule has 0 saturated heterocycles. The zero-order chi connectivity index (χ0) is 14.9. The van der Waals surface area contributed by atoms with Crippen LogP contribution in [0.5, 0.6) is 0 Å². The lowest BCUT2D eigenvalue weighted by Gasteiger charge is -2.08. The van der Waals surface area contributed by atoms with Gasteiger partial charge in [-0.05, 0) is 19.4 Å². The van der Waals surface area contributed by atoms with Crippen molar-refractivity contribution in [1.82, 2.24) is 0 Å². The van der Waals surface area contributed by atoms with Crippen molar-refractivity contribution >= 4 is 0 Å². The van der Waals surface area contributed by atoms with Crippen LogP contribution in [0.25, 0.3) is 0 Å². The van der Waals surface area contributed by atoms with Crippen molar-refractivity contribution in [2.75, 3.05) is 6.54 Å². The summed E-state index contributed by atoms with van der Waals surface area (Å²) in [4.78, 5) is 0. The van der Waals surface area contributed by atoms with Crippen molar-refractivity contribution in [1.29, 1.82) is 0 Å². The van der Waals surface area contributed by atoms with Crippen LogP contribution in [0.2, 0.25) is 0 Å². The van der Waals surface area contributed by atoms with Crippen LogP contribution in [-0.4, -0.2) is 17.8 Å². The maximum Gasteiger partial charge on any atom is 0.0552 e. The van der Waals surface area contributed by atoms with Gasteiger partial charge in [0.1, 0.15) is 0 Å². The second-order valence-corrected chi connectivity index (χ2v) is 6.26. The molecule has 20 heavy (non-hydrogen) atoms. The molecule has 0 aliphatic carbocycles. The Labute approximate surface area is 127 Å². The predicted molar refractivity (Wildman–Crippen MR) is 90.0 cm³/mol. The lowest BCUT2D eigenvalue weighted by molar-refractivity contribution is 0.153. The number of unbranched alkanes of at least 4 members (excludes halogenated alkanes) is 12. The molecular formula is C18H39NO. The Kier molecular flexibility index (Phi) is 16.9. The van der Waals surface area contributed by atoms with Crippen molar-refractivity contribution in [2.24, 2.45) is 5.73 Å². The van der Waals surface area contributed by atoms with Crippen LogP contribution in [0.4, 0.5) is 0 Å². The summed E-state index contributed by atoms with van der Waals surface area (Å²) in [7, 11) is 0. The molecule has 3 N–H and O–H groups in total. The molecule has 0 amide bonds. The van der Waals surface area contributed by atoms with E-state index in [4.69, 9.17) is 5.73 Å². The van der Waals surface area contributed by atoms with Crippen LogP contribution in [0.1, 0.15) is 103 Å². The number of hydrogen-bond acceptors (Lipinski definition) is 2. The largest absolute Gasteiger partial charge is 0.393 e. The fourth-order valence-electron chi connectivity index (χ4n) is 2.73. The summed E-state index contributed by atoms with van der Waals surface area (Å²) in [5.41, 5.74) is 5.41. The van der Waals surface area contributed by atoms with Crippen LogP contribution in [0.3, 0.4) is 0 Å². The zero-order valence-electron chi connectivity index (χ0n) is 13.9. The second-order valence-electron chi connectivity index (χ2n) is 6.26. The molecule has 0 aromatic carbocycles. The van der Waals surface area contributed by atoms with E-state index in [1.165, 1.54) is 83.5 Å². The van der Waals surface area contributed by atoms with Crippen molar-refractivity contribution < 1.29 is 5.11 Å². The van der Waals surface area contributed by atoms with Crippen molar-refractivity contribution in [3.63, 3.8) is 0 Å². The summed E-state index contributed by atoms with van der Waals surface area (Å²) in [6, 6.07) is 0. The molecule has 1 unspecified atom stereocenters. The van der Waals surface area contributed by atoms with Crippen LogP contribution < -0.4 is 5.73 Å². The Balaban J connectivity index is 2.99. The zero-order valence-corrected chi connectivity index (χ0v) is 13.9. The minimum Gasteiger partial charge on any atom is -0.393 e. The van der Waals surface area contributed by atoms with Gasteiger partial charge in [0.15, 0.2) is 0 Å². The first kappa shape index (κ1) is 19.9. The summed E-state index contributed by atoms with van der Waals surface area (Å²) >= 11 is 0. The van der Waals surface area contributed by atoms with E-state index in [0.29, 0.717) is 6.54 Å². The predicted octanol–water partition coefficient (Wildman–Crippen LogP) is 5.18. The first-order valence-corrected chi connectivity index (χ1v) is 9.19. The van der Waals surface area contributed by atoms with Crippen LogP contribution in [-0.2, 0) is 0 Å². The highest BCUT2D eigenvalue weighted by molar-refractivity contribution is 4.56. The monoisotopic (exact) mass is 285 g/mol. The molecule has 0 aromatic rings. The summed E-state index contributed by atoms with van der Waals surface area (Å²) in [5.74, 6) is 0. The Bertz CT molecular complexity index is 173. The van der Waals surface area contributed by atoms with E-state index in [0.717, 1.165) is 12.8 Å². The third-order valence-corrected chi connectivity index (χ3v) is 4.14. The quantitative estimate of drug-likeness (QED) is 0.384. The minimum absolute atomic E-state index is 0.160. The van der Waals surface area contributed by atoms with Gasteiger partial charge in [-0.2, -0.15) is 0 Å². The fraction of sp³-hybridized carbons (Fsp3) is 1.00. The first-order valence-electron chi connectivity index (χ1n) is 9.19. The highest BCUT2D eigenvalue weighted by atomic mass is 16.3. The molecule has 0 rings (SSSR count). The molecule has 0 bridgehead atoms.